The SMILES string of the molecule is CCCCN(C(=O)c1ccccc1F)C(C)c1nc2ccccc2c(=O)n1-c1cccc(C)c1. The van der Waals surface area contributed by atoms with Crippen LogP contribution >= 0.6 is 0 Å². The number of amides is 1. The molecule has 0 radical (unpaired) electrons. The first-order chi connectivity index (χ1) is 16.4. The van der Waals surface area contributed by atoms with Crippen molar-refractivity contribution in [3.05, 3.63) is 106 Å². The number of fused-ring (bicyclic) bond motifs is 1. The van der Waals surface area contributed by atoms with E-state index < -0.39 is 17.8 Å². The number of aryl methyl sites for hydroxylation is 1. The zero-order chi connectivity index (χ0) is 24.2. The lowest BCUT2D eigenvalue weighted by molar-refractivity contribution is 0.0673. The summed E-state index contributed by atoms with van der Waals surface area (Å²) in [5.74, 6) is -0.545. The quantitative estimate of drug-likeness (QED) is 0.350. The van der Waals surface area contributed by atoms with Gasteiger partial charge in [0.1, 0.15) is 11.6 Å². The predicted octanol–water partition coefficient (Wildman–Crippen LogP) is 5.84. The van der Waals surface area contributed by atoms with E-state index in [0.29, 0.717) is 29.0 Å². The van der Waals surface area contributed by atoms with Crippen LogP contribution in [0.4, 0.5) is 4.39 Å². The van der Waals surface area contributed by atoms with E-state index in [0.717, 1.165) is 18.4 Å². The van der Waals surface area contributed by atoms with E-state index in [2.05, 4.69) is 0 Å². The van der Waals surface area contributed by atoms with E-state index in [9.17, 15) is 14.0 Å². The molecule has 0 saturated carbocycles. The maximum Gasteiger partial charge on any atom is 0.266 e. The number of nitrogens with zero attached hydrogens (tertiary/aromatic N) is 3. The summed E-state index contributed by atoms with van der Waals surface area (Å²) in [6, 6.07) is 20.2. The molecule has 0 aliphatic heterocycles. The Morgan fingerprint density at radius 1 is 1.06 bits per heavy atom. The Kier molecular flexibility index (Phi) is 6.87. The van der Waals surface area contributed by atoms with Gasteiger partial charge in [-0.3, -0.25) is 14.2 Å². The third-order valence-electron chi connectivity index (χ3n) is 6.02. The zero-order valence-corrected chi connectivity index (χ0v) is 19.7. The van der Waals surface area contributed by atoms with Gasteiger partial charge in [0.05, 0.1) is 28.2 Å². The molecule has 4 aromatic rings. The van der Waals surface area contributed by atoms with E-state index in [4.69, 9.17) is 4.98 Å². The van der Waals surface area contributed by atoms with Crippen LogP contribution in [-0.4, -0.2) is 26.9 Å². The van der Waals surface area contributed by atoms with Crippen LogP contribution in [0.3, 0.4) is 0 Å². The highest BCUT2D eigenvalue weighted by Gasteiger charge is 2.28. The minimum Gasteiger partial charge on any atom is -0.329 e. The van der Waals surface area contributed by atoms with Crippen LogP contribution in [0.25, 0.3) is 16.6 Å². The molecule has 4 rings (SSSR count). The number of para-hydroxylation sites is 1. The Morgan fingerprint density at radius 3 is 2.53 bits per heavy atom. The van der Waals surface area contributed by atoms with Crippen molar-refractivity contribution in [3.63, 3.8) is 0 Å². The van der Waals surface area contributed by atoms with Crippen LogP contribution in [-0.2, 0) is 0 Å². The van der Waals surface area contributed by atoms with Crippen LogP contribution in [0.1, 0.15) is 54.5 Å². The molecule has 6 heteroatoms. The number of rotatable bonds is 7. The Labute approximate surface area is 198 Å². The van der Waals surface area contributed by atoms with Crippen molar-refractivity contribution >= 4 is 16.8 Å². The lowest BCUT2D eigenvalue weighted by Crippen LogP contribution is -2.38. The highest BCUT2D eigenvalue weighted by molar-refractivity contribution is 5.94. The molecule has 0 fully saturated rings. The van der Waals surface area contributed by atoms with Gasteiger partial charge in [-0.2, -0.15) is 0 Å². The van der Waals surface area contributed by atoms with E-state index in [-0.39, 0.29) is 11.1 Å². The lowest BCUT2D eigenvalue weighted by Gasteiger charge is -2.31. The van der Waals surface area contributed by atoms with Gasteiger partial charge in [-0.15, -0.1) is 0 Å². The molecule has 1 amide bonds. The fraction of sp³-hybridized carbons (Fsp3) is 0.250. The molecule has 34 heavy (non-hydrogen) atoms. The topological polar surface area (TPSA) is 55.2 Å². The van der Waals surface area contributed by atoms with Crippen molar-refractivity contribution < 1.29 is 9.18 Å². The van der Waals surface area contributed by atoms with Crippen LogP contribution < -0.4 is 5.56 Å². The molecule has 3 aromatic carbocycles. The molecule has 174 valence electrons. The Morgan fingerprint density at radius 2 is 1.79 bits per heavy atom. The second kappa shape index (κ2) is 10.00. The Balaban J connectivity index is 1.92. The van der Waals surface area contributed by atoms with Gasteiger partial charge >= 0.3 is 0 Å². The average molecular weight is 458 g/mol. The fourth-order valence-corrected chi connectivity index (χ4v) is 4.17. The Hall–Kier alpha value is -3.80. The summed E-state index contributed by atoms with van der Waals surface area (Å²) < 4.78 is 16.1. The molecule has 0 saturated heterocycles. The first kappa shape index (κ1) is 23.4. The van der Waals surface area contributed by atoms with Gasteiger partial charge in [-0.25, -0.2) is 9.37 Å². The summed E-state index contributed by atoms with van der Waals surface area (Å²) in [4.78, 5) is 33.6. The number of benzene rings is 3. The van der Waals surface area contributed by atoms with Crippen molar-refractivity contribution in [1.82, 2.24) is 14.5 Å². The maximum atomic E-state index is 14.5. The van der Waals surface area contributed by atoms with Crippen molar-refractivity contribution in [3.8, 4) is 5.69 Å². The number of halogens is 1. The molecule has 1 aromatic heterocycles. The number of unbranched alkanes of at least 4 members (excludes halogenated alkanes) is 1. The van der Waals surface area contributed by atoms with Crippen molar-refractivity contribution in [2.45, 2.75) is 39.7 Å². The predicted molar refractivity (Wildman–Crippen MR) is 133 cm³/mol. The number of hydrogen-bond acceptors (Lipinski definition) is 3. The summed E-state index contributed by atoms with van der Waals surface area (Å²) in [6.07, 6.45) is 1.61. The lowest BCUT2D eigenvalue weighted by atomic mass is 10.1. The molecule has 0 N–H and O–H groups in total. The largest absolute Gasteiger partial charge is 0.329 e. The third-order valence-corrected chi connectivity index (χ3v) is 6.02. The van der Waals surface area contributed by atoms with Gasteiger partial charge < -0.3 is 4.90 Å². The van der Waals surface area contributed by atoms with E-state index >= 15 is 0 Å². The van der Waals surface area contributed by atoms with E-state index in [1.54, 1.807) is 33.7 Å². The smallest absolute Gasteiger partial charge is 0.266 e. The summed E-state index contributed by atoms with van der Waals surface area (Å²) in [5.41, 5.74) is 2.05. The highest BCUT2D eigenvalue weighted by Crippen LogP contribution is 2.26. The van der Waals surface area contributed by atoms with E-state index in [1.807, 2.05) is 57.2 Å². The standard InChI is InChI=1S/C28H28FN3O2/c1-4-5-17-31(27(33)22-13-6-8-15-24(22)29)20(3)26-30-25-16-9-7-14-23(25)28(34)32(26)21-12-10-11-19(2)18-21/h6-16,18,20H,4-5,17H2,1-3H3. The molecule has 0 bridgehead atoms. The third kappa shape index (κ3) is 4.49. The normalized spacial score (nSPS) is 12.0. The summed E-state index contributed by atoms with van der Waals surface area (Å²) in [5, 5.41) is 0.500. The molecule has 0 spiro atoms. The van der Waals surface area contributed by atoms with Gasteiger partial charge in [-0.1, -0.05) is 49.7 Å². The maximum absolute atomic E-state index is 14.5. The minimum absolute atomic E-state index is 0.00990. The molecular formula is C28H28FN3O2. The minimum atomic E-state index is -0.573. The van der Waals surface area contributed by atoms with Crippen molar-refractivity contribution in [2.24, 2.45) is 0 Å². The number of aromatic nitrogens is 2. The van der Waals surface area contributed by atoms with Crippen molar-refractivity contribution in [2.75, 3.05) is 6.54 Å². The monoisotopic (exact) mass is 457 g/mol. The van der Waals surface area contributed by atoms with Crippen molar-refractivity contribution in [1.29, 1.82) is 0 Å². The van der Waals surface area contributed by atoms with Gasteiger partial charge in [-0.05, 0) is 62.2 Å². The second-order valence-electron chi connectivity index (χ2n) is 8.47. The molecule has 1 unspecified atom stereocenters. The molecule has 5 nitrogen and oxygen atoms in total. The number of carbonyl (C=O) groups excluding carboxylic acids is 1. The molecule has 0 aliphatic carbocycles. The summed E-state index contributed by atoms with van der Waals surface area (Å²) in [6.45, 7) is 6.26. The Bertz CT molecular complexity index is 1400. The van der Waals surface area contributed by atoms with E-state index in [1.165, 1.54) is 12.1 Å². The highest BCUT2D eigenvalue weighted by atomic mass is 19.1. The summed E-state index contributed by atoms with van der Waals surface area (Å²) in [7, 11) is 0. The molecule has 1 atom stereocenters. The van der Waals surface area contributed by atoms with Crippen LogP contribution in [0.5, 0.6) is 0 Å². The number of carbonyl (C=O) groups is 1. The molecule has 0 aliphatic rings. The van der Waals surface area contributed by atoms with Crippen LogP contribution in [0.2, 0.25) is 0 Å². The number of hydrogen-bond donors (Lipinski definition) is 0. The fourth-order valence-electron chi connectivity index (χ4n) is 4.17. The second-order valence-corrected chi connectivity index (χ2v) is 8.47. The summed E-state index contributed by atoms with van der Waals surface area (Å²) >= 11 is 0. The first-order valence-electron chi connectivity index (χ1n) is 11.6. The molecule has 1 heterocycles. The van der Waals surface area contributed by atoms with Gasteiger partial charge in [0.15, 0.2) is 0 Å². The zero-order valence-electron chi connectivity index (χ0n) is 19.7. The average Bonchev–Trinajstić information content (AvgIpc) is 2.84. The van der Waals surface area contributed by atoms with Gasteiger partial charge in [0.25, 0.3) is 11.5 Å². The van der Waals surface area contributed by atoms with Crippen LogP contribution in [0, 0.1) is 12.7 Å². The first-order valence-corrected chi connectivity index (χ1v) is 11.6. The van der Waals surface area contributed by atoms with Crippen LogP contribution in [0.15, 0.2) is 77.6 Å². The van der Waals surface area contributed by atoms with Gasteiger partial charge in [0, 0.05) is 6.54 Å². The van der Waals surface area contributed by atoms with Gasteiger partial charge in [0.2, 0.25) is 0 Å². The molecular weight excluding hydrogens is 429 g/mol.